The second kappa shape index (κ2) is 5.78. The number of halogens is 1. The standard InChI is InChI=1S/C16H14ClN3OS2/c1-10-8-23-15(18-10)20-5-4-19(16(20)21)7-11-9-22-14-3-2-12(17)6-13(11)14/h2-3,6,8-9H,4-5,7H2,1H3. The van der Waals surface area contributed by atoms with Crippen LogP contribution in [0.4, 0.5) is 9.93 Å². The van der Waals surface area contributed by atoms with E-state index in [-0.39, 0.29) is 6.03 Å². The van der Waals surface area contributed by atoms with Gasteiger partial charge in [-0.25, -0.2) is 9.78 Å². The quantitative estimate of drug-likeness (QED) is 0.672. The largest absolute Gasteiger partial charge is 0.326 e. The summed E-state index contributed by atoms with van der Waals surface area (Å²) in [5, 5.41) is 6.74. The predicted octanol–water partition coefficient (Wildman–Crippen LogP) is 4.76. The molecule has 3 heterocycles. The zero-order valence-corrected chi connectivity index (χ0v) is 14.8. The summed E-state index contributed by atoms with van der Waals surface area (Å²) in [4.78, 5) is 20.7. The molecule has 7 heteroatoms. The van der Waals surface area contributed by atoms with Gasteiger partial charge in [-0.2, -0.15) is 0 Å². The lowest BCUT2D eigenvalue weighted by atomic mass is 10.2. The minimum Gasteiger partial charge on any atom is -0.318 e. The second-order valence-corrected chi connectivity index (χ2v) is 7.71. The number of aryl methyl sites for hydroxylation is 1. The molecule has 0 saturated carbocycles. The van der Waals surface area contributed by atoms with Gasteiger partial charge in [0.25, 0.3) is 0 Å². The number of carbonyl (C=O) groups is 1. The highest BCUT2D eigenvalue weighted by Gasteiger charge is 2.31. The fourth-order valence-corrected chi connectivity index (χ4v) is 4.68. The first-order valence-corrected chi connectivity index (χ1v) is 9.40. The van der Waals surface area contributed by atoms with Crippen LogP contribution in [0.2, 0.25) is 5.02 Å². The number of hydrogen-bond acceptors (Lipinski definition) is 4. The van der Waals surface area contributed by atoms with Crippen molar-refractivity contribution in [3.63, 3.8) is 0 Å². The molecule has 0 unspecified atom stereocenters. The van der Waals surface area contributed by atoms with Gasteiger partial charge < -0.3 is 4.90 Å². The number of urea groups is 1. The molecule has 3 aromatic rings. The summed E-state index contributed by atoms with van der Waals surface area (Å²) in [7, 11) is 0. The zero-order chi connectivity index (χ0) is 16.0. The van der Waals surface area contributed by atoms with Crippen molar-refractivity contribution in [1.29, 1.82) is 0 Å². The molecule has 118 valence electrons. The number of aromatic nitrogens is 1. The van der Waals surface area contributed by atoms with Gasteiger partial charge >= 0.3 is 6.03 Å². The topological polar surface area (TPSA) is 36.4 Å². The van der Waals surface area contributed by atoms with Gasteiger partial charge in [0.15, 0.2) is 5.13 Å². The van der Waals surface area contributed by atoms with E-state index in [9.17, 15) is 4.79 Å². The number of hydrogen-bond donors (Lipinski definition) is 0. The van der Waals surface area contributed by atoms with Crippen LogP contribution in [-0.4, -0.2) is 29.0 Å². The van der Waals surface area contributed by atoms with Crippen LogP contribution < -0.4 is 4.90 Å². The van der Waals surface area contributed by atoms with Crippen LogP contribution in [0.15, 0.2) is 29.0 Å². The van der Waals surface area contributed by atoms with E-state index < -0.39 is 0 Å². The summed E-state index contributed by atoms with van der Waals surface area (Å²) < 4.78 is 1.20. The molecule has 1 saturated heterocycles. The number of nitrogens with zero attached hydrogens (tertiary/aromatic N) is 3. The molecule has 1 fully saturated rings. The zero-order valence-electron chi connectivity index (χ0n) is 12.5. The van der Waals surface area contributed by atoms with Gasteiger partial charge in [-0.3, -0.25) is 4.90 Å². The minimum atomic E-state index is 0.0285. The van der Waals surface area contributed by atoms with Crippen molar-refractivity contribution in [1.82, 2.24) is 9.88 Å². The highest BCUT2D eigenvalue weighted by atomic mass is 35.5. The number of benzene rings is 1. The molecule has 2 amide bonds. The van der Waals surface area contributed by atoms with Crippen LogP contribution in [0.5, 0.6) is 0 Å². The first kappa shape index (κ1) is 14.9. The van der Waals surface area contributed by atoms with Crippen molar-refractivity contribution in [2.45, 2.75) is 13.5 Å². The van der Waals surface area contributed by atoms with E-state index >= 15 is 0 Å². The summed E-state index contributed by atoms with van der Waals surface area (Å²) in [5.74, 6) is 0. The third-order valence-corrected chi connectivity index (χ3v) is 6.14. The number of anilines is 1. The third kappa shape index (κ3) is 2.71. The van der Waals surface area contributed by atoms with Crippen LogP contribution in [0.3, 0.4) is 0 Å². The molecule has 4 rings (SSSR count). The van der Waals surface area contributed by atoms with Gasteiger partial charge in [0.05, 0.1) is 5.69 Å². The Kier molecular flexibility index (Phi) is 3.75. The van der Waals surface area contributed by atoms with Gasteiger partial charge in [0.2, 0.25) is 0 Å². The maximum absolute atomic E-state index is 12.6. The van der Waals surface area contributed by atoms with E-state index in [1.54, 1.807) is 16.2 Å². The van der Waals surface area contributed by atoms with E-state index in [4.69, 9.17) is 11.6 Å². The molecule has 0 radical (unpaired) electrons. The van der Waals surface area contributed by atoms with E-state index in [1.807, 2.05) is 35.4 Å². The lowest BCUT2D eigenvalue weighted by Gasteiger charge is -2.16. The number of fused-ring (bicyclic) bond motifs is 1. The molecule has 1 aliphatic heterocycles. The Hall–Kier alpha value is -1.63. The van der Waals surface area contributed by atoms with Crippen molar-refractivity contribution in [2.75, 3.05) is 18.0 Å². The highest BCUT2D eigenvalue weighted by molar-refractivity contribution is 7.17. The number of amides is 2. The second-order valence-electron chi connectivity index (χ2n) is 5.53. The molecule has 1 aliphatic rings. The Morgan fingerprint density at radius 3 is 2.91 bits per heavy atom. The number of thiazole rings is 1. The number of rotatable bonds is 3. The van der Waals surface area contributed by atoms with Crippen LogP contribution in [0, 0.1) is 6.92 Å². The lowest BCUT2D eigenvalue weighted by molar-refractivity contribution is 0.219. The average molecular weight is 364 g/mol. The highest BCUT2D eigenvalue weighted by Crippen LogP contribution is 2.31. The monoisotopic (exact) mass is 363 g/mol. The van der Waals surface area contributed by atoms with Gasteiger partial charge in [0, 0.05) is 34.7 Å². The summed E-state index contributed by atoms with van der Waals surface area (Å²) in [6, 6.07) is 5.94. The smallest absolute Gasteiger partial charge is 0.318 e. The Morgan fingerprint density at radius 1 is 1.26 bits per heavy atom. The van der Waals surface area contributed by atoms with Crippen molar-refractivity contribution < 1.29 is 4.79 Å². The molecule has 4 nitrogen and oxygen atoms in total. The fraction of sp³-hybridized carbons (Fsp3) is 0.250. The van der Waals surface area contributed by atoms with Crippen molar-refractivity contribution in [3.8, 4) is 0 Å². The summed E-state index contributed by atoms with van der Waals surface area (Å²) in [6.45, 7) is 3.96. The molecular weight excluding hydrogens is 350 g/mol. The Morgan fingerprint density at radius 2 is 2.13 bits per heavy atom. The van der Waals surface area contributed by atoms with E-state index in [1.165, 1.54) is 16.0 Å². The van der Waals surface area contributed by atoms with Gasteiger partial charge in [-0.05, 0) is 41.5 Å². The SMILES string of the molecule is Cc1csc(N2CCN(Cc3csc4ccc(Cl)cc34)C2=O)n1. The van der Waals surface area contributed by atoms with E-state index in [2.05, 4.69) is 10.4 Å². The Balaban J connectivity index is 1.57. The minimum absolute atomic E-state index is 0.0285. The molecule has 0 bridgehead atoms. The molecule has 23 heavy (non-hydrogen) atoms. The molecule has 1 aromatic carbocycles. The Labute approximate surface area is 146 Å². The first-order chi connectivity index (χ1) is 11.1. The van der Waals surface area contributed by atoms with Gasteiger partial charge in [-0.1, -0.05) is 11.6 Å². The summed E-state index contributed by atoms with van der Waals surface area (Å²) in [6.07, 6.45) is 0. The lowest BCUT2D eigenvalue weighted by Crippen LogP contribution is -2.31. The average Bonchev–Trinajstić information content (AvgIpc) is 3.21. The van der Waals surface area contributed by atoms with Crippen LogP contribution in [0.25, 0.3) is 10.1 Å². The van der Waals surface area contributed by atoms with Crippen LogP contribution in [0.1, 0.15) is 11.3 Å². The molecule has 2 aromatic heterocycles. The molecule has 0 spiro atoms. The van der Waals surface area contributed by atoms with Crippen molar-refractivity contribution >= 4 is 55.5 Å². The molecular formula is C16H14ClN3OS2. The normalized spacial score (nSPS) is 15.1. The predicted molar refractivity (Wildman–Crippen MR) is 96.8 cm³/mol. The summed E-state index contributed by atoms with van der Waals surface area (Å²) in [5.41, 5.74) is 2.10. The first-order valence-electron chi connectivity index (χ1n) is 7.26. The fourth-order valence-electron chi connectivity index (χ4n) is 2.75. The molecule has 0 atom stereocenters. The Bertz CT molecular complexity index is 888. The maximum atomic E-state index is 12.6. The van der Waals surface area contributed by atoms with Gasteiger partial charge in [0.1, 0.15) is 0 Å². The van der Waals surface area contributed by atoms with Gasteiger partial charge in [-0.15, -0.1) is 22.7 Å². The van der Waals surface area contributed by atoms with Crippen molar-refractivity contribution in [3.05, 3.63) is 45.2 Å². The maximum Gasteiger partial charge on any atom is 0.326 e. The van der Waals surface area contributed by atoms with Crippen LogP contribution in [-0.2, 0) is 6.54 Å². The number of thiophene rings is 1. The number of carbonyl (C=O) groups excluding carboxylic acids is 1. The van der Waals surface area contributed by atoms with Crippen molar-refractivity contribution in [2.24, 2.45) is 0 Å². The summed E-state index contributed by atoms with van der Waals surface area (Å²) >= 11 is 9.31. The third-order valence-electron chi connectivity index (χ3n) is 3.91. The molecule has 0 aliphatic carbocycles. The van der Waals surface area contributed by atoms with Crippen LogP contribution >= 0.6 is 34.3 Å². The van der Waals surface area contributed by atoms with E-state index in [0.29, 0.717) is 13.1 Å². The van der Waals surface area contributed by atoms with E-state index in [0.717, 1.165) is 33.3 Å². The molecule has 0 N–H and O–H groups in total.